The molecule has 0 unspecified atom stereocenters. The Labute approximate surface area is 145 Å². The van der Waals surface area contributed by atoms with Gasteiger partial charge in [0.1, 0.15) is 16.4 Å². The highest BCUT2D eigenvalue weighted by molar-refractivity contribution is 7.89. The minimum atomic E-state index is -3.66. The Morgan fingerprint density at radius 2 is 1.71 bits per heavy atom. The minimum absolute atomic E-state index is 0.0185. The molecular weight excluding hydrogens is 326 g/mol. The molecule has 1 saturated carbocycles. The van der Waals surface area contributed by atoms with Crippen LogP contribution in [0.2, 0.25) is 0 Å². The molecule has 2 atom stereocenters. The molecule has 6 heteroatoms. The number of benzene rings is 1. The second-order valence-electron chi connectivity index (χ2n) is 6.42. The van der Waals surface area contributed by atoms with E-state index in [0.717, 1.165) is 24.8 Å². The average molecular weight is 356 g/mol. The maximum atomic E-state index is 13.0. The van der Waals surface area contributed by atoms with E-state index in [-0.39, 0.29) is 10.9 Å². The summed E-state index contributed by atoms with van der Waals surface area (Å²) in [7, 11) is -3.66. The van der Waals surface area contributed by atoms with Gasteiger partial charge in [-0.15, -0.1) is 0 Å². The molecule has 0 saturated heterocycles. The fraction of sp³-hybridized carbons (Fsp3) is 0.667. The summed E-state index contributed by atoms with van der Waals surface area (Å²) in [6.07, 6.45) is 4.18. The first kappa shape index (κ1) is 19.1. The van der Waals surface area contributed by atoms with Crippen molar-refractivity contribution in [2.75, 3.05) is 13.2 Å². The minimum Gasteiger partial charge on any atom is -0.494 e. The van der Waals surface area contributed by atoms with E-state index in [4.69, 9.17) is 9.47 Å². The molecule has 1 aromatic carbocycles. The number of ether oxygens (including phenoxy) is 2. The van der Waals surface area contributed by atoms with Gasteiger partial charge in [-0.1, -0.05) is 19.8 Å². The van der Waals surface area contributed by atoms with Crippen molar-refractivity contribution in [2.45, 2.75) is 64.3 Å². The third-order valence-electron chi connectivity index (χ3n) is 4.55. The van der Waals surface area contributed by atoms with Crippen LogP contribution in [0.4, 0.5) is 0 Å². The normalized spacial score (nSPS) is 21.5. The first-order chi connectivity index (χ1) is 11.4. The van der Waals surface area contributed by atoms with Gasteiger partial charge in [0.2, 0.25) is 10.0 Å². The average Bonchev–Trinajstić information content (AvgIpc) is 2.52. The van der Waals surface area contributed by atoms with Gasteiger partial charge in [-0.05, 0) is 51.2 Å². The molecule has 2 rings (SSSR count). The fourth-order valence-electron chi connectivity index (χ4n) is 3.19. The van der Waals surface area contributed by atoms with E-state index in [1.807, 2.05) is 20.8 Å². The maximum Gasteiger partial charge on any atom is 0.244 e. The van der Waals surface area contributed by atoms with Crippen LogP contribution in [0.25, 0.3) is 0 Å². The number of sulfonamides is 1. The summed E-state index contributed by atoms with van der Waals surface area (Å²) < 4.78 is 40.0. The van der Waals surface area contributed by atoms with Gasteiger partial charge in [0, 0.05) is 12.1 Å². The zero-order valence-electron chi connectivity index (χ0n) is 15.1. The van der Waals surface area contributed by atoms with E-state index < -0.39 is 10.0 Å². The van der Waals surface area contributed by atoms with Crippen LogP contribution in [-0.4, -0.2) is 27.7 Å². The Kier molecular flexibility index (Phi) is 6.52. The lowest BCUT2D eigenvalue weighted by Gasteiger charge is -2.29. The summed E-state index contributed by atoms with van der Waals surface area (Å²) >= 11 is 0. The molecular formula is C18H29NO4S. The predicted molar refractivity (Wildman–Crippen MR) is 95.3 cm³/mol. The molecule has 0 aliphatic heterocycles. The lowest BCUT2D eigenvalue weighted by atomic mass is 9.87. The van der Waals surface area contributed by atoms with Crippen LogP contribution in [-0.2, 0) is 10.0 Å². The van der Waals surface area contributed by atoms with Crippen molar-refractivity contribution in [1.29, 1.82) is 0 Å². The van der Waals surface area contributed by atoms with E-state index >= 15 is 0 Å². The van der Waals surface area contributed by atoms with Crippen LogP contribution < -0.4 is 14.2 Å². The summed E-state index contributed by atoms with van der Waals surface area (Å²) in [4.78, 5) is 0.163. The Hall–Kier alpha value is -1.27. The Bertz CT molecular complexity index is 657. The van der Waals surface area contributed by atoms with Crippen molar-refractivity contribution in [2.24, 2.45) is 5.92 Å². The van der Waals surface area contributed by atoms with Gasteiger partial charge < -0.3 is 9.47 Å². The summed E-state index contributed by atoms with van der Waals surface area (Å²) in [5.74, 6) is 1.31. The van der Waals surface area contributed by atoms with Crippen LogP contribution in [0.15, 0.2) is 17.0 Å². The van der Waals surface area contributed by atoms with Gasteiger partial charge in [0.05, 0.1) is 13.2 Å². The fourth-order valence-corrected chi connectivity index (χ4v) is 4.71. The summed E-state index contributed by atoms with van der Waals surface area (Å²) in [6, 6.07) is 3.31. The Balaban J connectivity index is 2.37. The van der Waals surface area contributed by atoms with Crippen LogP contribution >= 0.6 is 0 Å². The smallest absolute Gasteiger partial charge is 0.244 e. The number of rotatable bonds is 7. The third kappa shape index (κ3) is 4.42. The van der Waals surface area contributed by atoms with Crippen LogP contribution in [0.5, 0.6) is 11.5 Å². The third-order valence-corrected chi connectivity index (χ3v) is 6.06. The van der Waals surface area contributed by atoms with Crippen LogP contribution in [0.3, 0.4) is 0 Å². The van der Waals surface area contributed by atoms with Crippen molar-refractivity contribution >= 4 is 10.0 Å². The zero-order valence-corrected chi connectivity index (χ0v) is 15.9. The molecule has 24 heavy (non-hydrogen) atoms. The topological polar surface area (TPSA) is 64.6 Å². The highest BCUT2D eigenvalue weighted by Gasteiger charge is 2.29. The lowest BCUT2D eigenvalue weighted by molar-refractivity contribution is 0.307. The van der Waals surface area contributed by atoms with E-state index in [1.165, 1.54) is 6.42 Å². The largest absolute Gasteiger partial charge is 0.494 e. The van der Waals surface area contributed by atoms with Gasteiger partial charge in [-0.25, -0.2) is 13.1 Å². The Morgan fingerprint density at radius 3 is 2.33 bits per heavy atom. The number of aryl methyl sites for hydroxylation is 1. The molecule has 1 N–H and O–H groups in total. The standard InChI is InChI=1S/C18H29NO4S/c1-5-22-16-12-18(17(23-6-2)11-14(16)4)24(20,21)19-15-10-8-7-9-13(15)3/h11-13,15,19H,5-10H2,1-4H3/t13-,15-/m1/s1. The second-order valence-corrected chi connectivity index (χ2v) is 8.10. The predicted octanol–water partition coefficient (Wildman–Crippen LogP) is 3.65. The van der Waals surface area contributed by atoms with Gasteiger partial charge in [-0.2, -0.15) is 0 Å². The monoisotopic (exact) mass is 355 g/mol. The van der Waals surface area contributed by atoms with Crippen molar-refractivity contribution in [3.05, 3.63) is 17.7 Å². The van der Waals surface area contributed by atoms with Crippen molar-refractivity contribution in [1.82, 2.24) is 4.72 Å². The highest BCUT2D eigenvalue weighted by Crippen LogP contribution is 2.33. The second kappa shape index (κ2) is 8.21. The molecule has 0 radical (unpaired) electrons. The van der Waals surface area contributed by atoms with Gasteiger partial charge in [0.15, 0.2) is 0 Å². The van der Waals surface area contributed by atoms with E-state index in [0.29, 0.717) is 30.6 Å². The molecule has 1 aliphatic carbocycles. The van der Waals surface area contributed by atoms with Gasteiger partial charge >= 0.3 is 0 Å². The van der Waals surface area contributed by atoms with E-state index in [9.17, 15) is 8.42 Å². The SMILES string of the molecule is CCOc1cc(S(=O)(=O)N[C@@H]2CCCC[C@H]2C)c(OCC)cc1C. The molecule has 1 fully saturated rings. The van der Waals surface area contributed by atoms with Crippen molar-refractivity contribution in [3.63, 3.8) is 0 Å². The molecule has 0 amide bonds. The van der Waals surface area contributed by atoms with Gasteiger partial charge in [-0.3, -0.25) is 0 Å². The maximum absolute atomic E-state index is 13.0. The quantitative estimate of drug-likeness (QED) is 0.811. The number of nitrogens with one attached hydrogen (secondary N) is 1. The highest BCUT2D eigenvalue weighted by atomic mass is 32.2. The van der Waals surface area contributed by atoms with Crippen molar-refractivity contribution < 1.29 is 17.9 Å². The molecule has 1 aliphatic rings. The van der Waals surface area contributed by atoms with Crippen LogP contribution in [0, 0.1) is 12.8 Å². The molecule has 136 valence electrons. The van der Waals surface area contributed by atoms with Gasteiger partial charge in [0.25, 0.3) is 0 Å². The molecule has 0 bridgehead atoms. The summed E-state index contributed by atoms with van der Waals surface area (Å²) in [5, 5.41) is 0. The molecule has 5 nitrogen and oxygen atoms in total. The first-order valence-corrected chi connectivity index (χ1v) is 10.3. The number of hydrogen-bond acceptors (Lipinski definition) is 4. The lowest BCUT2D eigenvalue weighted by Crippen LogP contribution is -2.41. The first-order valence-electron chi connectivity index (χ1n) is 8.81. The summed E-state index contributed by atoms with van der Waals surface area (Å²) in [5.41, 5.74) is 0.866. The van der Waals surface area contributed by atoms with E-state index in [1.54, 1.807) is 12.1 Å². The zero-order chi connectivity index (χ0) is 17.7. The molecule has 1 aromatic rings. The van der Waals surface area contributed by atoms with Crippen LogP contribution in [0.1, 0.15) is 52.0 Å². The molecule has 0 heterocycles. The summed E-state index contributed by atoms with van der Waals surface area (Å²) in [6.45, 7) is 8.62. The Morgan fingerprint density at radius 1 is 1.08 bits per heavy atom. The van der Waals surface area contributed by atoms with E-state index in [2.05, 4.69) is 11.6 Å². The molecule has 0 aromatic heterocycles. The number of hydrogen-bond donors (Lipinski definition) is 1. The van der Waals surface area contributed by atoms with Crippen molar-refractivity contribution in [3.8, 4) is 11.5 Å². The molecule has 0 spiro atoms.